The van der Waals surface area contributed by atoms with Gasteiger partial charge in [-0.05, 0) is 44.0 Å². The van der Waals surface area contributed by atoms with Crippen molar-refractivity contribution < 1.29 is 18.7 Å². The molecule has 2 heterocycles. The summed E-state index contributed by atoms with van der Waals surface area (Å²) in [6.45, 7) is 1.65. The average molecular weight is 328 g/mol. The van der Waals surface area contributed by atoms with Gasteiger partial charge in [0.05, 0.1) is 22.5 Å². The highest BCUT2D eigenvalue weighted by atomic mass is 19.1. The number of rotatable bonds is 3. The molecule has 122 valence electrons. The summed E-state index contributed by atoms with van der Waals surface area (Å²) in [5.74, 6) is -1.36. The van der Waals surface area contributed by atoms with Crippen molar-refractivity contribution in [3.63, 3.8) is 0 Å². The van der Waals surface area contributed by atoms with Gasteiger partial charge in [0.2, 0.25) is 0 Å². The maximum absolute atomic E-state index is 14.2. The first-order chi connectivity index (χ1) is 11.5. The van der Waals surface area contributed by atoms with Crippen LogP contribution in [0.15, 0.2) is 30.3 Å². The molecule has 0 atom stereocenters. The Balaban J connectivity index is 2.10. The molecular weight excluding hydrogens is 314 g/mol. The van der Waals surface area contributed by atoms with Gasteiger partial charge in [-0.3, -0.25) is 4.79 Å². The van der Waals surface area contributed by atoms with Gasteiger partial charge in [-0.1, -0.05) is 6.07 Å². The molecule has 0 aliphatic heterocycles. The largest absolute Gasteiger partial charge is 0.384 e. The van der Waals surface area contributed by atoms with Crippen molar-refractivity contribution >= 4 is 11.8 Å². The Morgan fingerprint density at radius 1 is 1.17 bits per heavy atom. The zero-order chi connectivity index (χ0) is 17.1. The lowest BCUT2D eigenvalue weighted by Gasteiger charge is -2.13. The summed E-state index contributed by atoms with van der Waals surface area (Å²) < 4.78 is 29.9. The number of hydrogen-bond donors (Lipinski definition) is 1. The summed E-state index contributed by atoms with van der Waals surface area (Å²) in [6, 6.07) is 6.84. The first-order valence-electron chi connectivity index (χ1n) is 7.61. The van der Waals surface area contributed by atoms with Crippen LogP contribution in [0.5, 0.6) is 0 Å². The number of aromatic nitrogens is 2. The second-order valence-electron chi connectivity index (χ2n) is 6.14. The van der Waals surface area contributed by atoms with Gasteiger partial charge in [0.1, 0.15) is 17.2 Å². The lowest BCUT2D eigenvalue weighted by Crippen LogP contribution is -2.15. The standard InChI is InChI=1S/C18H14F2N2O2/c1-10-15(16-12(19)3-2-4-13(16)20)14-6-5-11(9-23)17(22(14)21-10)18(24)7-8-18/h2-6,9,24H,7-8H2,1H3. The first kappa shape index (κ1) is 15.0. The van der Waals surface area contributed by atoms with Gasteiger partial charge >= 0.3 is 0 Å². The molecule has 0 bridgehead atoms. The van der Waals surface area contributed by atoms with Crippen molar-refractivity contribution in [2.75, 3.05) is 0 Å². The number of fused-ring (bicyclic) bond motifs is 1. The van der Waals surface area contributed by atoms with Crippen LogP contribution in [0.25, 0.3) is 16.6 Å². The minimum Gasteiger partial charge on any atom is -0.384 e. The highest BCUT2D eigenvalue weighted by molar-refractivity contribution is 5.86. The predicted octanol–water partition coefficient (Wildman–Crippen LogP) is 3.38. The highest BCUT2D eigenvalue weighted by Gasteiger charge is 2.46. The summed E-state index contributed by atoms with van der Waals surface area (Å²) in [5, 5.41) is 14.9. The van der Waals surface area contributed by atoms with E-state index in [9.17, 15) is 18.7 Å². The van der Waals surface area contributed by atoms with E-state index in [-0.39, 0.29) is 5.56 Å². The zero-order valence-electron chi connectivity index (χ0n) is 12.9. The van der Waals surface area contributed by atoms with Gasteiger partial charge in [0, 0.05) is 11.1 Å². The quantitative estimate of drug-likeness (QED) is 0.750. The summed E-state index contributed by atoms with van der Waals surface area (Å²) >= 11 is 0. The number of aryl methyl sites for hydroxylation is 1. The number of hydrogen-bond acceptors (Lipinski definition) is 3. The van der Waals surface area contributed by atoms with E-state index < -0.39 is 17.2 Å². The number of halogens is 2. The minimum atomic E-state index is -1.11. The van der Waals surface area contributed by atoms with Gasteiger partial charge in [0.15, 0.2) is 6.29 Å². The van der Waals surface area contributed by atoms with Crippen molar-refractivity contribution in [3.8, 4) is 11.1 Å². The van der Waals surface area contributed by atoms with Crippen LogP contribution in [0.4, 0.5) is 8.78 Å². The van der Waals surface area contributed by atoms with Crippen LogP contribution in [0.3, 0.4) is 0 Å². The van der Waals surface area contributed by atoms with Gasteiger partial charge in [0.25, 0.3) is 0 Å². The number of carbonyl (C=O) groups excluding carboxylic acids is 1. The molecule has 4 rings (SSSR count). The van der Waals surface area contributed by atoms with E-state index in [1.807, 2.05) is 0 Å². The molecule has 1 saturated carbocycles. The Morgan fingerprint density at radius 3 is 2.42 bits per heavy atom. The summed E-state index contributed by atoms with van der Waals surface area (Å²) in [5.41, 5.74) is 0.641. The van der Waals surface area contributed by atoms with Crippen molar-refractivity contribution in [1.29, 1.82) is 0 Å². The fraction of sp³-hybridized carbons (Fsp3) is 0.222. The van der Waals surface area contributed by atoms with E-state index in [2.05, 4.69) is 5.10 Å². The normalized spacial score (nSPS) is 15.7. The Morgan fingerprint density at radius 2 is 1.83 bits per heavy atom. The molecule has 6 heteroatoms. The van der Waals surface area contributed by atoms with E-state index in [0.717, 1.165) is 0 Å². The maximum Gasteiger partial charge on any atom is 0.152 e. The molecule has 1 aromatic carbocycles. The van der Waals surface area contributed by atoms with Gasteiger partial charge in [-0.15, -0.1) is 0 Å². The van der Waals surface area contributed by atoms with E-state index in [0.29, 0.717) is 47.2 Å². The minimum absolute atomic E-state index is 0.155. The molecule has 0 amide bonds. The van der Waals surface area contributed by atoms with Gasteiger partial charge in [-0.25, -0.2) is 13.3 Å². The van der Waals surface area contributed by atoms with Crippen molar-refractivity contribution in [1.82, 2.24) is 9.61 Å². The Hall–Kier alpha value is -2.60. The topological polar surface area (TPSA) is 54.6 Å². The molecule has 0 saturated heterocycles. The molecule has 1 fully saturated rings. The van der Waals surface area contributed by atoms with Crippen LogP contribution in [-0.2, 0) is 5.60 Å². The first-order valence-corrected chi connectivity index (χ1v) is 7.61. The van der Waals surface area contributed by atoms with E-state index in [1.54, 1.807) is 19.1 Å². The fourth-order valence-electron chi connectivity index (χ4n) is 3.20. The molecule has 3 aromatic rings. The van der Waals surface area contributed by atoms with Crippen molar-refractivity contribution in [2.45, 2.75) is 25.4 Å². The molecule has 4 nitrogen and oxygen atoms in total. The molecule has 0 unspecified atom stereocenters. The molecule has 24 heavy (non-hydrogen) atoms. The SMILES string of the molecule is Cc1nn2c(C3(O)CC3)c(C=O)ccc2c1-c1c(F)cccc1F. The van der Waals surface area contributed by atoms with Gasteiger partial charge < -0.3 is 5.11 Å². The Kier molecular flexibility index (Phi) is 3.08. The molecule has 1 aliphatic rings. The average Bonchev–Trinajstić information content (AvgIpc) is 3.20. The van der Waals surface area contributed by atoms with E-state index >= 15 is 0 Å². The highest BCUT2D eigenvalue weighted by Crippen LogP contribution is 2.47. The third kappa shape index (κ3) is 1.99. The summed E-state index contributed by atoms with van der Waals surface area (Å²) in [6.07, 6.45) is 1.70. The third-order valence-corrected chi connectivity index (χ3v) is 4.51. The number of aldehydes is 1. The van der Waals surface area contributed by atoms with Crippen LogP contribution in [0.1, 0.15) is 34.6 Å². The monoisotopic (exact) mass is 328 g/mol. The zero-order valence-corrected chi connectivity index (χ0v) is 12.9. The smallest absolute Gasteiger partial charge is 0.152 e. The molecule has 0 spiro atoms. The van der Waals surface area contributed by atoms with E-state index in [4.69, 9.17) is 0 Å². The second kappa shape index (κ2) is 4.95. The Bertz CT molecular complexity index is 970. The van der Waals surface area contributed by atoms with Crippen molar-refractivity contribution in [3.05, 3.63) is 58.9 Å². The van der Waals surface area contributed by atoms with Crippen LogP contribution < -0.4 is 0 Å². The Labute approximate surface area is 136 Å². The molecule has 1 aliphatic carbocycles. The van der Waals surface area contributed by atoms with Gasteiger partial charge in [-0.2, -0.15) is 5.10 Å². The number of benzene rings is 1. The van der Waals surface area contributed by atoms with Crippen LogP contribution in [-0.4, -0.2) is 21.0 Å². The predicted molar refractivity (Wildman–Crippen MR) is 83.8 cm³/mol. The maximum atomic E-state index is 14.2. The van der Waals surface area contributed by atoms with Crippen molar-refractivity contribution in [2.24, 2.45) is 0 Å². The summed E-state index contributed by atoms with van der Waals surface area (Å²) in [7, 11) is 0. The van der Waals surface area contributed by atoms with E-state index in [1.165, 1.54) is 22.7 Å². The third-order valence-electron chi connectivity index (χ3n) is 4.51. The van der Waals surface area contributed by atoms with Crippen LogP contribution in [0, 0.1) is 18.6 Å². The number of carbonyl (C=O) groups is 1. The molecule has 0 radical (unpaired) electrons. The fourth-order valence-corrected chi connectivity index (χ4v) is 3.20. The second-order valence-corrected chi connectivity index (χ2v) is 6.14. The lowest BCUT2D eigenvalue weighted by molar-refractivity contribution is 0.110. The molecular formula is C18H14F2N2O2. The van der Waals surface area contributed by atoms with Crippen LogP contribution >= 0.6 is 0 Å². The van der Waals surface area contributed by atoms with Crippen LogP contribution in [0.2, 0.25) is 0 Å². The molecule has 1 N–H and O–H groups in total. The summed E-state index contributed by atoms with van der Waals surface area (Å²) in [4.78, 5) is 11.3. The lowest BCUT2D eigenvalue weighted by atomic mass is 10.0. The number of aliphatic hydroxyl groups is 1. The molecule has 2 aromatic heterocycles. The number of pyridine rings is 1. The number of nitrogens with zero attached hydrogens (tertiary/aromatic N) is 2.